The molecule has 1 amide bonds. The first-order chi connectivity index (χ1) is 14.3. The maximum atomic E-state index is 11.7. The van der Waals surface area contributed by atoms with Gasteiger partial charge in [-0.25, -0.2) is 4.79 Å². The molecule has 0 aromatic heterocycles. The molecule has 4 heteroatoms. The van der Waals surface area contributed by atoms with Gasteiger partial charge in [0, 0.05) is 6.54 Å². The van der Waals surface area contributed by atoms with Crippen LogP contribution in [0.5, 0.6) is 5.75 Å². The summed E-state index contributed by atoms with van der Waals surface area (Å²) in [6.45, 7) is 1.37. The summed E-state index contributed by atoms with van der Waals surface area (Å²) in [4.78, 5) is 11.7. The van der Waals surface area contributed by atoms with Crippen LogP contribution in [0, 0.1) is 0 Å². The van der Waals surface area contributed by atoms with Gasteiger partial charge in [-0.15, -0.1) is 0 Å². The number of hydrogen-bond donors (Lipinski definition) is 1. The Hall–Kier alpha value is -3.53. The lowest BCUT2D eigenvalue weighted by Gasteiger charge is -2.06. The third-order valence-corrected chi connectivity index (χ3v) is 4.23. The van der Waals surface area contributed by atoms with E-state index in [2.05, 4.69) is 5.32 Å². The number of alkyl carbamates (subject to hydrolysis) is 1. The van der Waals surface area contributed by atoms with E-state index in [1.165, 1.54) is 0 Å². The first-order valence-electron chi connectivity index (χ1n) is 9.67. The van der Waals surface area contributed by atoms with Gasteiger partial charge in [-0.05, 0) is 35.2 Å². The van der Waals surface area contributed by atoms with Crippen molar-refractivity contribution in [3.8, 4) is 5.75 Å². The molecule has 0 aliphatic heterocycles. The highest BCUT2D eigenvalue weighted by atomic mass is 16.5. The fraction of sp³-hybridized carbons (Fsp3) is 0.160. The first-order valence-corrected chi connectivity index (χ1v) is 9.67. The largest absolute Gasteiger partial charge is 0.489 e. The van der Waals surface area contributed by atoms with Crippen molar-refractivity contribution in [1.29, 1.82) is 0 Å². The van der Waals surface area contributed by atoms with E-state index in [4.69, 9.17) is 9.47 Å². The van der Waals surface area contributed by atoms with Crippen LogP contribution in [0.1, 0.15) is 23.1 Å². The normalized spacial score (nSPS) is 10.6. The maximum Gasteiger partial charge on any atom is 0.407 e. The Morgan fingerprint density at radius 3 is 2.07 bits per heavy atom. The van der Waals surface area contributed by atoms with Gasteiger partial charge < -0.3 is 14.8 Å². The van der Waals surface area contributed by atoms with Crippen LogP contribution in [0.2, 0.25) is 0 Å². The topological polar surface area (TPSA) is 47.6 Å². The van der Waals surface area contributed by atoms with E-state index in [-0.39, 0.29) is 6.61 Å². The molecule has 148 valence electrons. The van der Waals surface area contributed by atoms with Crippen molar-refractivity contribution >= 4 is 12.2 Å². The average molecular weight is 387 g/mol. The standard InChI is InChI=1S/C25H25NO3/c27-25(29-20-23-12-5-2-6-13-23)26-18-8-7-9-21-14-16-24(17-15-21)28-19-22-10-3-1-4-11-22/h1-7,9-17H,8,18-20H2,(H,26,27). The van der Waals surface area contributed by atoms with Gasteiger partial charge in [0.05, 0.1) is 0 Å². The van der Waals surface area contributed by atoms with E-state index >= 15 is 0 Å². The molecule has 0 aliphatic carbocycles. The number of carbonyl (C=O) groups excluding carboxylic acids is 1. The summed E-state index contributed by atoms with van der Waals surface area (Å²) in [5, 5.41) is 2.75. The molecular formula is C25H25NO3. The van der Waals surface area contributed by atoms with Crippen LogP contribution in [0.4, 0.5) is 4.79 Å². The van der Waals surface area contributed by atoms with Crippen LogP contribution >= 0.6 is 0 Å². The molecule has 3 aromatic rings. The van der Waals surface area contributed by atoms with E-state index < -0.39 is 6.09 Å². The van der Waals surface area contributed by atoms with Crippen LogP contribution in [-0.4, -0.2) is 12.6 Å². The molecule has 0 unspecified atom stereocenters. The highest BCUT2D eigenvalue weighted by Crippen LogP contribution is 2.15. The van der Waals surface area contributed by atoms with Crippen LogP contribution in [0.25, 0.3) is 6.08 Å². The maximum absolute atomic E-state index is 11.7. The Labute approximate surface area is 171 Å². The van der Waals surface area contributed by atoms with E-state index in [0.29, 0.717) is 13.2 Å². The molecule has 0 bridgehead atoms. The molecule has 1 N–H and O–H groups in total. The SMILES string of the molecule is O=C(NCCC=Cc1ccc(OCc2ccccc2)cc1)OCc1ccccc1. The second-order valence-electron chi connectivity index (χ2n) is 6.52. The van der Waals surface area contributed by atoms with Crippen molar-refractivity contribution < 1.29 is 14.3 Å². The minimum atomic E-state index is -0.401. The minimum Gasteiger partial charge on any atom is -0.489 e. The summed E-state index contributed by atoms with van der Waals surface area (Å²) in [6.07, 6.45) is 4.38. The fourth-order valence-corrected chi connectivity index (χ4v) is 2.67. The van der Waals surface area contributed by atoms with Crippen molar-refractivity contribution in [3.63, 3.8) is 0 Å². The molecule has 0 aliphatic rings. The lowest BCUT2D eigenvalue weighted by molar-refractivity contribution is 0.140. The lowest BCUT2D eigenvalue weighted by Crippen LogP contribution is -2.24. The van der Waals surface area contributed by atoms with Gasteiger partial charge in [0.15, 0.2) is 0 Å². The predicted molar refractivity (Wildman–Crippen MR) is 115 cm³/mol. The number of ether oxygens (including phenoxy) is 2. The molecule has 4 nitrogen and oxygen atoms in total. The smallest absolute Gasteiger partial charge is 0.407 e. The molecular weight excluding hydrogens is 362 g/mol. The minimum absolute atomic E-state index is 0.279. The molecule has 29 heavy (non-hydrogen) atoms. The zero-order chi connectivity index (χ0) is 20.2. The van der Waals surface area contributed by atoms with Gasteiger partial charge >= 0.3 is 6.09 Å². The first kappa shape index (κ1) is 20.2. The van der Waals surface area contributed by atoms with Crippen LogP contribution in [-0.2, 0) is 18.0 Å². The van der Waals surface area contributed by atoms with E-state index in [1.54, 1.807) is 0 Å². The Morgan fingerprint density at radius 2 is 1.41 bits per heavy atom. The van der Waals surface area contributed by atoms with E-state index in [0.717, 1.165) is 28.9 Å². The third-order valence-electron chi connectivity index (χ3n) is 4.23. The summed E-state index contributed by atoms with van der Waals surface area (Å²) in [7, 11) is 0. The summed E-state index contributed by atoms with van der Waals surface area (Å²) < 4.78 is 11.0. The van der Waals surface area contributed by atoms with Gasteiger partial charge in [0.25, 0.3) is 0 Å². The van der Waals surface area contributed by atoms with Crippen molar-refractivity contribution in [2.24, 2.45) is 0 Å². The molecule has 0 radical (unpaired) electrons. The van der Waals surface area contributed by atoms with Crippen LogP contribution in [0.15, 0.2) is 91.0 Å². The van der Waals surface area contributed by atoms with E-state index in [9.17, 15) is 4.79 Å². The quantitative estimate of drug-likeness (QED) is 0.487. The van der Waals surface area contributed by atoms with Crippen molar-refractivity contribution in [3.05, 3.63) is 108 Å². The summed E-state index contributed by atoms with van der Waals surface area (Å²) in [6, 6.07) is 27.7. The highest BCUT2D eigenvalue weighted by molar-refractivity contribution is 5.67. The number of nitrogens with one attached hydrogen (secondary N) is 1. The molecule has 0 spiro atoms. The van der Waals surface area contributed by atoms with Gasteiger partial charge in [-0.3, -0.25) is 0 Å². The Kier molecular flexibility index (Phi) is 7.91. The van der Waals surface area contributed by atoms with Gasteiger partial charge in [-0.1, -0.05) is 84.9 Å². The second-order valence-corrected chi connectivity index (χ2v) is 6.52. The highest BCUT2D eigenvalue weighted by Gasteiger charge is 2.00. The number of benzene rings is 3. The van der Waals surface area contributed by atoms with Crippen LogP contribution < -0.4 is 10.1 Å². The third kappa shape index (κ3) is 7.54. The molecule has 3 aromatic carbocycles. The van der Waals surface area contributed by atoms with Crippen LogP contribution in [0.3, 0.4) is 0 Å². The second kappa shape index (κ2) is 11.3. The average Bonchev–Trinajstić information content (AvgIpc) is 2.78. The predicted octanol–water partition coefficient (Wildman–Crippen LogP) is 5.60. The monoisotopic (exact) mass is 387 g/mol. The molecule has 0 atom stereocenters. The number of carbonyl (C=O) groups is 1. The zero-order valence-corrected chi connectivity index (χ0v) is 16.3. The molecule has 0 saturated carbocycles. The molecule has 3 rings (SSSR count). The van der Waals surface area contributed by atoms with Gasteiger partial charge in [-0.2, -0.15) is 0 Å². The summed E-state index contributed by atoms with van der Waals surface area (Å²) >= 11 is 0. The number of hydrogen-bond acceptors (Lipinski definition) is 3. The van der Waals surface area contributed by atoms with Crippen molar-refractivity contribution in [2.45, 2.75) is 19.6 Å². The zero-order valence-electron chi connectivity index (χ0n) is 16.3. The molecule has 0 fully saturated rings. The summed E-state index contributed by atoms with van der Waals surface area (Å²) in [5.41, 5.74) is 3.20. The fourth-order valence-electron chi connectivity index (χ4n) is 2.67. The summed E-state index contributed by atoms with van der Waals surface area (Å²) in [5.74, 6) is 0.842. The molecule has 0 saturated heterocycles. The van der Waals surface area contributed by atoms with E-state index in [1.807, 2.05) is 97.1 Å². The Bertz CT molecular complexity index is 890. The van der Waals surface area contributed by atoms with Crippen molar-refractivity contribution in [2.75, 3.05) is 6.54 Å². The van der Waals surface area contributed by atoms with Gasteiger partial charge in [0.2, 0.25) is 0 Å². The molecule has 0 heterocycles. The van der Waals surface area contributed by atoms with Gasteiger partial charge in [0.1, 0.15) is 19.0 Å². The number of amides is 1. The lowest BCUT2D eigenvalue weighted by atomic mass is 10.2. The van der Waals surface area contributed by atoms with Crippen molar-refractivity contribution in [1.82, 2.24) is 5.32 Å². The Balaban J connectivity index is 1.32. The Morgan fingerprint density at radius 1 is 0.793 bits per heavy atom. The number of rotatable bonds is 9.